The van der Waals surface area contributed by atoms with Crippen LogP contribution in [0.25, 0.3) is 0 Å². The number of benzene rings is 1. The first-order chi connectivity index (χ1) is 11.7. The van der Waals surface area contributed by atoms with Crippen molar-refractivity contribution in [3.05, 3.63) is 65.5 Å². The van der Waals surface area contributed by atoms with Crippen LogP contribution in [-0.4, -0.2) is 35.2 Å². The first-order valence-electron chi connectivity index (χ1n) is 8.76. The second-order valence-electron chi connectivity index (χ2n) is 6.64. The number of nitrogens with one attached hydrogen (secondary N) is 1. The summed E-state index contributed by atoms with van der Waals surface area (Å²) in [5.74, 6) is 0. The molecular weight excluding hydrogens is 298 g/mol. The van der Waals surface area contributed by atoms with Crippen molar-refractivity contribution in [3.8, 4) is 0 Å². The van der Waals surface area contributed by atoms with Gasteiger partial charge >= 0.3 is 0 Å². The Bertz CT molecular complexity index is 622. The highest BCUT2D eigenvalue weighted by Gasteiger charge is 2.22. The van der Waals surface area contributed by atoms with Crippen LogP contribution in [0.2, 0.25) is 0 Å². The molecule has 2 heterocycles. The molecule has 0 spiro atoms. The van der Waals surface area contributed by atoms with Crippen LogP contribution in [0.1, 0.15) is 30.7 Å². The first kappa shape index (κ1) is 17.1. The predicted octanol–water partition coefficient (Wildman–Crippen LogP) is 2.98. The molecule has 0 aliphatic carbocycles. The Balaban J connectivity index is 1.58. The minimum Gasteiger partial charge on any atom is -0.373 e. The van der Waals surface area contributed by atoms with Crippen molar-refractivity contribution in [1.82, 2.24) is 15.2 Å². The number of morpholine rings is 1. The Labute approximate surface area is 144 Å². The van der Waals surface area contributed by atoms with Crippen LogP contribution in [0, 0.1) is 0 Å². The summed E-state index contributed by atoms with van der Waals surface area (Å²) >= 11 is 0. The lowest BCUT2D eigenvalue weighted by molar-refractivity contribution is -0.0705. The average molecular weight is 325 g/mol. The van der Waals surface area contributed by atoms with E-state index >= 15 is 0 Å². The van der Waals surface area contributed by atoms with Crippen LogP contribution >= 0.6 is 0 Å². The van der Waals surface area contributed by atoms with E-state index < -0.39 is 0 Å². The van der Waals surface area contributed by atoms with Crippen LogP contribution in [0.3, 0.4) is 0 Å². The molecule has 24 heavy (non-hydrogen) atoms. The van der Waals surface area contributed by atoms with Crippen LogP contribution in [0.15, 0.2) is 48.7 Å². The van der Waals surface area contributed by atoms with Gasteiger partial charge in [0.25, 0.3) is 0 Å². The molecule has 1 fully saturated rings. The van der Waals surface area contributed by atoms with Gasteiger partial charge < -0.3 is 10.1 Å². The van der Waals surface area contributed by atoms with Crippen LogP contribution in [0.5, 0.6) is 0 Å². The van der Waals surface area contributed by atoms with Crippen molar-refractivity contribution >= 4 is 0 Å². The molecule has 128 valence electrons. The van der Waals surface area contributed by atoms with Crippen molar-refractivity contribution in [2.24, 2.45) is 0 Å². The van der Waals surface area contributed by atoms with Gasteiger partial charge in [0.15, 0.2) is 0 Å². The number of rotatable bonds is 6. The second kappa shape index (κ2) is 8.38. The quantitative estimate of drug-likeness (QED) is 0.886. The third-order valence-corrected chi connectivity index (χ3v) is 4.36. The van der Waals surface area contributed by atoms with Gasteiger partial charge in [-0.15, -0.1) is 0 Å². The standard InChI is InChI=1S/C20H27N3O/c1-16-13-23(14-17(2)24-16)15-19-8-4-3-7-18(19)11-21-12-20-9-5-6-10-22-20/h3-10,16-17,21H,11-15H2,1-2H3/t16-,17+. The molecule has 1 saturated heterocycles. The second-order valence-corrected chi connectivity index (χ2v) is 6.64. The number of nitrogens with zero attached hydrogens (tertiary/aromatic N) is 2. The number of hydrogen-bond donors (Lipinski definition) is 1. The van der Waals surface area contributed by atoms with E-state index in [0.717, 1.165) is 38.4 Å². The summed E-state index contributed by atoms with van der Waals surface area (Å²) in [4.78, 5) is 6.85. The van der Waals surface area contributed by atoms with E-state index in [2.05, 4.69) is 59.4 Å². The molecule has 1 aliphatic heterocycles. The molecule has 1 aliphatic rings. The topological polar surface area (TPSA) is 37.4 Å². The van der Waals surface area contributed by atoms with Gasteiger partial charge in [-0.2, -0.15) is 0 Å². The fourth-order valence-electron chi connectivity index (χ4n) is 3.37. The first-order valence-corrected chi connectivity index (χ1v) is 8.76. The summed E-state index contributed by atoms with van der Waals surface area (Å²) in [6, 6.07) is 14.7. The van der Waals surface area contributed by atoms with Gasteiger partial charge in [-0.25, -0.2) is 0 Å². The Morgan fingerprint density at radius 2 is 1.71 bits per heavy atom. The number of hydrogen-bond acceptors (Lipinski definition) is 4. The van der Waals surface area contributed by atoms with Gasteiger partial charge in [0, 0.05) is 38.9 Å². The fourth-order valence-corrected chi connectivity index (χ4v) is 3.37. The highest BCUT2D eigenvalue weighted by molar-refractivity contribution is 5.27. The Morgan fingerprint density at radius 1 is 1.00 bits per heavy atom. The molecule has 0 radical (unpaired) electrons. The third kappa shape index (κ3) is 4.87. The van der Waals surface area contributed by atoms with Crippen LogP contribution < -0.4 is 5.32 Å². The maximum Gasteiger partial charge on any atom is 0.0678 e. The van der Waals surface area contributed by atoms with E-state index in [1.54, 1.807) is 0 Å². The molecule has 1 aromatic carbocycles. The molecule has 1 aromatic heterocycles. The third-order valence-electron chi connectivity index (χ3n) is 4.36. The lowest BCUT2D eigenvalue weighted by Crippen LogP contribution is -2.45. The largest absolute Gasteiger partial charge is 0.373 e. The van der Waals surface area contributed by atoms with Crippen molar-refractivity contribution in [2.75, 3.05) is 13.1 Å². The zero-order chi connectivity index (χ0) is 16.8. The van der Waals surface area contributed by atoms with Crippen molar-refractivity contribution in [3.63, 3.8) is 0 Å². The van der Waals surface area contributed by atoms with E-state index in [-0.39, 0.29) is 0 Å². The fraction of sp³-hybridized carbons (Fsp3) is 0.450. The zero-order valence-corrected chi connectivity index (χ0v) is 14.6. The molecule has 0 saturated carbocycles. The van der Waals surface area contributed by atoms with Gasteiger partial charge in [0.05, 0.1) is 17.9 Å². The molecule has 0 bridgehead atoms. The lowest BCUT2D eigenvalue weighted by Gasteiger charge is -2.35. The minimum atomic E-state index is 0.309. The zero-order valence-electron chi connectivity index (χ0n) is 14.6. The summed E-state index contributed by atoms with van der Waals surface area (Å²) in [5.41, 5.74) is 3.83. The Morgan fingerprint density at radius 3 is 2.42 bits per heavy atom. The maximum atomic E-state index is 5.84. The highest BCUT2D eigenvalue weighted by atomic mass is 16.5. The summed E-state index contributed by atoms with van der Waals surface area (Å²) in [6.45, 7) is 8.95. The molecule has 2 aromatic rings. The van der Waals surface area contributed by atoms with Crippen molar-refractivity contribution in [2.45, 2.75) is 45.7 Å². The Hall–Kier alpha value is -1.75. The monoisotopic (exact) mass is 325 g/mol. The van der Waals surface area contributed by atoms with Crippen LogP contribution in [0.4, 0.5) is 0 Å². The maximum absolute atomic E-state index is 5.84. The number of pyridine rings is 1. The van der Waals surface area contributed by atoms with Gasteiger partial charge in [-0.1, -0.05) is 30.3 Å². The van der Waals surface area contributed by atoms with Gasteiger partial charge in [0.1, 0.15) is 0 Å². The lowest BCUT2D eigenvalue weighted by atomic mass is 10.1. The Kier molecular flexibility index (Phi) is 5.96. The molecule has 1 N–H and O–H groups in total. The molecule has 4 heteroatoms. The van der Waals surface area contributed by atoms with E-state index in [1.807, 2.05) is 18.3 Å². The predicted molar refractivity (Wildman–Crippen MR) is 96.5 cm³/mol. The molecule has 3 rings (SSSR count). The summed E-state index contributed by atoms with van der Waals surface area (Å²) in [5, 5.41) is 3.51. The molecule has 0 amide bonds. The smallest absolute Gasteiger partial charge is 0.0678 e. The average Bonchev–Trinajstić information content (AvgIpc) is 2.56. The minimum absolute atomic E-state index is 0.309. The molecule has 4 nitrogen and oxygen atoms in total. The van der Waals surface area contributed by atoms with Crippen molar-refractivity contribution < 1.29 is 4.74 Å². The van der Waals surface area contributed by atoms with Gasteiger partial charge in [0.2, 0.25) is 0 Å². The van der Waals surface area contributed by atoms with E-state index in [4.69, 9.17) is 4.74 Å². The van der Waals surface area contributed by atoms with Gasteiger partial charge in [-0.3, -0.25) is 9.88 Å². The van der Waals surface area contributed by atoms with Crippen LogP contribution in [-0.2, 0) is 24.4 Å². The summed E-state index contributed by atoms with van der Waals surface area (Å²) in [7, 11) is 0. The van der Waals surface area contributed by atoms with E-state index in [9.17, 15) is 0 Å². The summed E-state index contributed by atoms with van der Waals surface area (Å²) in [6.07, 6.45) is 2.46. The van der Waals surface area contributed by atoms with E-state index in [0.29, 0.717) is 12.2 Å². The van der Waals surface area contributed by atoms with Gasteiger partial charge in [-0.05, 0) is 37.1 Å². The SMILES string of the molecule is C[C@@H]1CN(Cc2ccccc2CNCc2ccccn2)C[C@H](C)O1. The number of ether oxygens (including phenoxy) is 1. The van der Waals surface area contributed by atoms with Crippen molar-refractivity contribution in [1.29, 1.82) is 0 Å². The molecular formula is C20H27N3O. The number of aromatic nitrogens is 1. The molecule has 2 atom stereocenters. The normalized spacial score (nSPS) is 21.8. The summed E-state index contributed by atoms with van der Waals surface area (Å²) < 4.78 is 5.84. The van der Waals surface area contributed by atoms with E-state index in [1.165, 1.54) is 11.1 Å². The molecule has 0 unspecified atom stereocenters. The highest BCUT2D eigenvalue weighted by Crippen LogP contribution is 2.17.